The van der Waals surface area contributed by atoms with Crippen LogP contribution in [-0.2, 0) is 65.4 Å². The number of phosphoric ester groups is 2. The average molecular weight is 1550 g/mol. The molecule has 0 heterocycles. The predicted molar refractivity (Wildman–Crippen MR) is 437 cm³/mol. The number of hydrogen-bond acceptors (Lipinski definition) is 15. The van der Waals surface area contributed by atoms with Crippen LogP contribution in [0.5, 0.6) is 0 Å². The van der Waals surface area contributed by atoms with E-state index in [1.54, 1.807) is 0 Å². The maximum atomic E-state index is 13.2. The van der Waals surface area contributed by atoms with Gasteiger partial charge in [-0.05, 0) is 37.5 Å². The van der Waals surface area contributed by atoms with Crippen molar-refractivity contribution in [2.45, 2.75) is 484 Å². The number of unbranched alkanes of at least 4 members (excludes halogenated alkanes) is 55. The second kappa shape index (κ2) is 78.3. The quantitative estimate of drug-likeness (QED) is 0.0222. The van der Waals surface area contributed by atoms with Crippen molar-refractivity contribution in [3.8, 4) is 0 Å². The molecule has 0 saturated heterocycles. The number of carbonyl (C=O) groups excluding carboxylic acids is 4. The van der Waals surface area contributed by atoms with E-state index in [4.69, 9.17) is 37.0 Å². The number of hydrogen-bond donors (Lipinski definition) is 3. The van der Waals surface area contributed by atoms with Crippen LogP contribution >= 0.6 is 15.6 Å². The highest BCUT2D eigenvalue weighted by Crippen LogP contribution is 2.45. The maximum Gasteiger partial charge on any atom is 0.472 e. The average Bonchev–Trinajstić information content (AvgIpc) is 0.904. The molecule has 17 nitrogen and oxygen atoms in total. The molecule has 0 aliphatic carbocycles. The van der Waals surface area contributed by atoms with Crippen LogP contribution in [0.1, 0.15) is 465 Å². The predicted octanol–water partition coefficient (Wildman–Crippen LogP) is 26.6. The van der Waals surface area contributed by atoms with Gasteiger partial charge in [-0.3, -0.25) is 37.3 Å². The van der Waals surface area contributed by atoms with Gasteiger partial charge in [0.1, 0.15) is 19.3 Å². The number of aliphatic hydroxyl groups is 1. The SMILES string of the molecule is CCCCCCCCCCCCCCCCCCCCCCC(=O)OC[C@H](COP(=O)(O)OC[C@@H](O)COP(=O)(O)OC[C@@H](COC(=O)CCCCCCCCC(C)CC)OC(=O)CCCCCCCCCCCCCCCC(C)C)OC(=O)CCCCCCCCCCCCCCCCCCCCCC. The first kappa shape index (κ1) is 104. The van der Waals surface area contributed by atoms with Crippen LogP contribution < -0.4 is 0 Å². The lowest BCUT2D eigenvalue weighted by Crippen LogP contribution is -2.30. The van der Waals surface area contributed by atoms with Gasteiger partial charge in [-0.25, -0.2) is 9.13 Å². The Bertz CT molecular complexity index is 2030. The van der Waals surface area contributed by atoms with Crippen LogP contribution in [0.25, 0.3) is 0 Å². The van der Waals surface area contributed by atoms with Gasteiger partial charge < -0.3 is 33.8 Å². The van der Waals surface area contributed by atoms with Gasteiger partial charge in [-0.15, -0.1) is 0 Å². The van der Waals surface area contributed by atoms with Crippen molar-refractivity contribution in [1.82, 2.24) is 0 Å². The van der Waals surface area contributed by atoms with Crippen LogP contribution in [0.15, 0.2) is 0 Å². The maximum absolute atomic E-state index is 13.2. The Labute approximate surface area is 651 Å². The molecule has 0 aliphatic heterocycles. The highest BCUT2D eigenvalue weighted by atomic mass is 31.2. The van der Waals surface area contributed by atoms with Crippen molar-refractivity contribution in [1.29, 1.82) is 0 Å². The molecule has 3 N–H and O–H groups in total. The Morgan fingerprint density at radius 1 is 0.274 bits per heavy atom. The summed E-state index contributed by atoms with van der Waals surface area (Å²) in [7, 11) is -9.93. The van der Waals surface area contributed by atoms with Gasteiger partial charge >= 0.3 is 39.5 Å². The Morgan fingerprint density at radius 3 is 0.717 bits per heavy atom. The molecule has 0 aromatic rings. The Balaban J connectivity index is 5.23. The molecule has 630 valence electrons. The molecule has 0 bridgehead atoms. The van der Waals surface area contributed by atoms with E-state index in [1.807, 2.05) is 0 Å². The van der Waals surface area contributed by atoms with E-state index in [2.05, 4.69) is 41.5 Å². The van der Waals surface area contributed by atoms with E-state index in [0.29, 0.717) is 25.7 Å². The zero-order valence-electron chi connectivity index (χ0n) is 69.7. The molecule has 0 aliphatic rings. The summed E-state index contributed by atoms with van der Waals surface area (Å²) >= 11 is 0. The van der Waals surface area contributed by atoms with Gasteiger partial charge in [0, 0.05) is 25.7 Å². The summed E-state index contributed by atoms with van der Waals surface area (Å²) in [5.74, 6) is -0.586. The van der Waals surface area contributed by atoms with E-state index in [1.165, 1.54) is 276 Å². The van der Waals surface area contributed by atoms with Gasteiger partial charge in [0.2, 0.25) is 0 Å². The molecule has 0 spiro atoms. The summed E-state index contributed by atoms with van der Waals surface area (Å²) in [5, 5.41) is 10.7. The molecular formula is C87H170O17P2. The molecule has 0 amide bonds. The molecular weight excluding hydrogens is 1380 g/mol. The summed E-state index contributed by atoms with van der Waals surface area (Å²) in [6, 6.07) is 0. The molecule has 19 heteroatoms. The van der Waals surface area contributed by atoms with Gasteiger partial charge in [0.15, 0.2) is 12.2 Å². The molecule has 0 rings (SSSR count). The van der Waals surface area contributed by atoms with Crippen molar-refractivity contribution in [2.75, 3.05) is 39.6 Å². The number of ether oxygens (including phenoxy) is 4. The van der Waals surface area contributed by atoms with Crippen LogP contribution in [-0.4, -0.2) is 96.7 Å². The summed E-state index contributed by atoms with van der Waals surface area (Å²) in [5.41, 5.74) is 0. The normalized spacial score (nSPS) is 14.1. The van der Waals surface area contributed by atoms with E-state index in [9.17, 15) is 43.2 Å². The summed E-state index contributed by atoms with van der Waals surface area (Å²) < 4.78 is 68.9. The van der Waals surface area contributed by atoms with Crippen LogP contribution in [0.3, 0.4) is 0 Å². The molecule has 0 radical (unpaired) electrons. The number of esters is 4. The zero-order valence-corrected chi connectivity index (χ0v) is 71.5. The largest absolute Gasteiger partial charge is 0.472 e. The van der Waals surface area contributed by atoms with Gasteiger partial charge in [-0.2, -0.15) is 0 Å². The number of phosphoric acid groups is 2. The molecule has 0 saturated carbocycles. The van der Waals surface area contributed by atoms with Crippen molar-refractivity contribution >= 4 is 39.5 Å². The summed E-state index contributed by atoms with van der Waals surface area (Å²) in [6.07, 6.45) is 71.0. The lowest BCUT2D eigenvalue weighted by atomic mass is 10.00. The monoisotopic (exact) mass is 1550 g/mol. The highest BCUT2D eigenvalue weighted by molar-refractivity contribution is 7.47. The third-order valence-corrected chi connectivity index (χ3v) is 22.7. The number of rotatable bonds is 86. The van der Waals surface area contributed by atoms with Gasteiger partial charge in [0.25, 0.3) is 0 Å². The van der Waals surface area contributed by atoms with Crippen LogP contribution in [0.2, 0.25) is 0 Å². The van der Waals surface area contributed by atoms with E-state index < -0.39 is 97.5 Å². The van der Waals surface area contributed by atoms with E-state index >= 15 is 0 Å². The standard InChI is InChI=1S/C87H170O17P2/c1-7-10-12-14-16-18-20-22-24-26-28-30-32-34-38-42-46-50-57-63-69-84(89)97-75-82(103-86(91)71-65-59-51-47-43-39-35-33-31-29-27-25-23-21-19-17-15-13-11-8-2)77-101-105(93,94)99-73-81(88)74-100-106(95,96)102-78-83(76-98-85(90)70-64-58-54-53-56-62-68-80(6)9-3)104-87(92)72-66-60-52-48-44-40-36-37-41-45-49-55-61-67-79(4)5/h79-83,88H,7-78H2,1-6H3,(H,93,94)(H,95,96)/t80?,81-,82-,83-/m1/s1. The first-order valence-corrected chi connectivity index (χ1v) is 48.0. The second-order valence-corrected chi connectivity index (χ2v) is 34.9. The van der Waals surface area contributed by atoms with Crippen molar-refractivity contribution in [3.05, 3.63) is 0 Å². The topological polar surface area (TPSA) is 237 Å². The second-order valence-electron chi connectivity index (χ2n) is 32.0. The molecule has 0 fully saturated rings. The Hall–Kier alpha value is -1.94. The zero-order chi connectivity index (χ0) is 77.8. The van der Waals surface area contributed by atoms with Crippen molar-refractivity contribution in [2.24, 2.45) is 11.8 Å². The van der Waals surface area contributed by atoms with E-state index in [-0.39, 0.29) is 25.7 Å². The molecule has 6 atom stereocenters. The third kappa shape index (κ3) is 78.7. The minimum absolute atomic E-state index is 0.107. The lowest BCUT2D eigenvalue weighted by molar-refractivity contribution is -0.161. The highest BCUT2D eigenvalue weighted by Gasteiger charge is 2.30. The third-order valence-electron chi connectivity index (χ3n) is 20.8. The molecule has 0 aromatic carbocycles. The summed E-state index contributed by atoms with van der Waals surface area (Å²) in [4.78, 5) is 73.2. The Kier molecular flexibility index (Phi) is 76.9. The first-order chi connectivity index (χ1) is 51.4. The van der Waals surface area contributed by atoms with Gasteiger partial charge in [0.05, 0.1) is 26.4 Å². The van der Waals surface area contributed by atoms with Gasteiger partial charge in [-0.1, -0.05) is 414 Å². The number of carbonyl (C=O) groups is 4. The smallest absolute Gasteiger partial charge is 0.462 e. The fourth-order valence-corrected chi connectivity index (χ4v) is 15.1. The minimum Gasteiger partial charge on any atom is -0.462 e. The minimum atomic E-state index is -4.97. The van der Waals surface area contributed by atoms with Crippen LogP contribution in [0.4, 0.5) is 0 Å². The molecule has 106 heavy (non-hydrogen) atoms. The van der Waals surface area contributed by atoms with Crippen LogP contribution in [0, 0.1) is 11.8 Å². The fourth-order valence-electron chi connectivity index (χ4n) is 13.6. The fraction of sp³-hybridized carbons (Fsp3) is 0.954. The lowest BCUT2D eigenvalue weighted by Gasteiger charge is -2.21. The molecule has 0 aromatic heterocycles. The van der Waals surface area contributed by atoms with E-state index in [0.717, 1.165) is 108 Å². The first-order valence-electron chi connectivity index (χ1n) is 45.0. The molecule has 3 unspecified atom stereocenters. The van der Waals surface area contributed by atoms with Crippen molar-refractivity contribution < 1.29 is 80.2 Å². The number of aliphatic hydroxyl groups excluding tert-OH is 1. The Morgan fingerprint density at radius 2 is 0.481 bits per heavy atom. The summed E-state index contributed by atoms with van der Waals surface area (Å²) in [6.45, 7) is 9.65. The van der Waals surface area contributed by atoms with Crippen molar-refractivity contribution in [3.63, 3.8) is 0 Å².